The molecule has 4 rings (SSSR count). The standard InChI is InChI=1S/C14H13N3O/c18-14-8-4-3-7-9-12(8)13-10(15-9)5-1-2-6-11(13)16-17-14/h3-4,7,10,15H,1-2,5-6H2. The molecule has 18 heavy (non-hydrogen) atoms. The number of nitrogens with one attached hydrogen (secondary N) is 1. The molecule has 0 fully saturated rings. The van der Waals surface area contributed by atoms with Gasteiger partial charge in [0, 0.05) is 16.6 Å². The van der Waals surface area contributed by atoms with Crippen molar-refractivity contribution in [2.75, 3.05) is 5.32 Å². The van der Waals surface area contributed by atoms with E-state index >= 15 is 0 Å². The Bertz CT molecular complexity index is 711. The number of hydrogen-bond acceptors (Lipinski definition) is 4. The summed E-state index contributed by atoms with van der Waals surface area (Å²) >= 11 is 0. The van der Waals surface area contributed by atoms with Crippen molar-refractivity contribution in [3.63, 3.8) is 0 Å². The maximum atomic E-state index is 12.0. The lowest BCUT2D eigenvalue weighted by Gasteiger charge is -2.10. The fourth-order valence-electron chi connectivity index (χ4n) is 3.18. The van der Waals surface area contributed by atoms with Gasteiger partial charge in [-0.3, -0.25) is 4.79 Å². The van der Waals surface area contributed by atoms with Crippen LogP contribution >= 0.6 is 0 Å². The summed E-state index contributed by atoms with van der Waals surface area (Å²) in [5.41, 5.74) is 3.06. The second-order valence-electron chi connectivity index (χ2n) is 5.04. The molecule has 2 heterocycles. The van der Waals surface area contributed by atoms with E-state index in [-0.39, 0.29) is 5.56 Å². The third kappa shape index (κ3) is 1.23. The van der Waals surface area contributed by atoms with Crippen LogP contribution in [0.25, 0.3) is 10.8 Å². The first-order chi connectivity index (χ1) is 8.84. The smallest absolute Gasteiger partial charge is 0.296 e. The Morgan fingerprint density at radius 2 is 2.17 bits per heavy atom. The van der Waals surface area contributed by atoms with Crippen LogP contribution in [0, 0.1) is 0 Å². The van der Waals surface area contributed by atoms with E-state index in [9.17, 15) is 4.79 Å². The van der Waals surface area contributed by atoms with Crippen molar-refractivity contribution in [3.05, 3.63) is 39.8 Å². The Hall–Kier alpha value is -1.97. The number of benzene rings is 1. The molecule has 1 unspecified atom stereocenters. The van der Waals surface area contributed by atoms with E-state index in [2.05, 4.69) is 15.5 Å². The van der Waals surface area contributed by atoms with Crippen LogP contribution in [0.5, 0.6) is 0 Å². The molecule has 0 saturated heterocycles. The summed E-state index contributed by atoms with van der Waals surface area (Å²) in [5.74, 6) is 0. The molecule has 2 aromatic rings. The topological polar surface area (TPSA) is 54.9 Å². The van der Waals surface area contributed by atoms with Gasteiger partial charge in [0.2, 0.25) is 0 Å². The van der Waals surface area contributed by atoms with Gasteiger partial charge in [-0.15, -0.1) is 5.10 Å². The Balaban J connectivity index is 2.23. The predicted molar refractivity (Wildman–Crippen MR) is 69.7 cm³/mol. The summed E-state index contributed by atoms with van der Waals surface area (Å²) in [5, 5.41) is 13.3. The van der Waals surface area contributed by atoms with Gasteiger partial charge in [-0.05, 0) is 31.4 Å². The molecule has 4 nitrogen and oxygen atoms in total. The molecule has 90 valence electrons. The summed E-state index contributed by atoms with van der Waals surface area (Å²) in [6.45, 7) is 0. The first-order valence-corrected chi connectivity index (χ1v) is 6.43. The Kier molecular flexibility index (Phi) is 1.95. The number of nitrogens with zero attached hydrogens (tertiary/aromatic N) is 2. The number of aryl methyl sites for hydroxylation is 1. The second kappa shape index (κ2) is 3.51. The average Bonchev–Trinajstić information content (AvgIpc) is 2.54. The minimum Gasteiger partial charge on any atom is -0.378 e. The number of anilines is 1. The fourth-order valence-corrected chi connectivity index (χ4v) is 3.18. The fraction of sp³-hybridized carbons (Fsp3) is 0.357. The highest BCUT2D eigenvalue weighted by Gasteiger charge is 2.29. The lowest BCUT2D eigenvalue weighted by molar-refractivity contribution is 0.650. The highest BCUT2D eigenvalue weighted by atomic mass is 16.1. The van der Waals surface area contributed by atoms with Crippen LogP contribution in [0.4, 0.5) is 5.69 Å². The SMILES string of the molecule is O=c1nnc2c3c4c(cccc14)NC3CCCC2. The van der Waals surface area contributed by atoms with E-state index in [1.807, 2.05) is 18.2 Å². The van der Waals surface area contributed by atoms with E-state index in [4.69, 9.17) is 0 Å². The summed E-state index contributed by atoms with van der Waals surface area (Å²) in [6.07, 6.45) is 4.36. The van der Waals surface area contributed by atoms with Crippen molar-refractivity contribution in [2.45, 2.75) is 31.7 Å². The predicted octanol–water partition coefficient (Wildman–Crippen LogP) is 2.18. The van der Waals surface area contributed by atoms with Gasteiger partial charge in [-0.2, -0.15) is 5.10 Å². The van der Waals surface area contributed by atoms with Crippen LogP contribution < -0.4 is 10.9 Å². The molecule has 0 saturated carbocycles. The number of hydrogen-bond donors (Lipinski definition) is 1. The molecule has 2 aliphatic rings. The lowest BCUT2D eigenvalue weighted by atomic mass is 10.0. The van der Waals surface area contributed by atoms with Crippen LogP contribution in [0.2, 0.25) is 0 Å². The van der Waals surface area contributed by atoms with Gasteiger partial charge in [-0.25, -0.2) is 0 Å². The molecule has 0 bridgehead atoms. The maximum absolute atomic E-state index is 12.0. The van der Waals surface area contributed by atoms with Crippen molar-refractivity contribution in [1.29, 1.82) is 0 Å². The van der Waals surface area contributed by atoms with Gasteiger partial charge in [0.25, 0.3) is 5.56 Å². The monoisotopic (exact) mass is 239 g/mol. The molecular formula is C14H13N3O. The maximum Gasteiger partial charge on any atom is 0.296 e. The number of aromatic nitrogens is 2. The van der Waals surface area contributed by atoms with Crippen LogP contribution in [0.3, 0.4) is 0 Å². The molecular weight excluding hydrogens is 226 g/mol. The second-order valence-corrected chi connectivity index (χ2v) is 5.04. The molecule has 1 atom stereocenters. The zero-order chi connectivity index (χ0) is 12.1. The van der Waals surface area contributed by atoms with Crippen LogP contribution in [-0.2, 0) is 6.42 Å². The summed E-state index contributed by atoms with van der Waals surface area (Å²) < 4.78 is 0. The third-order valence-electron chi connectivity index (χ3n) is 3.97. The Morgan fingerprint density at radius 3 is 3.11 bits per heavy atom. The van der Waals surface area contributed by atoms with E-state index in [1.54, 1.807) is 0 Å². The lowest BCUT2D eigenvalue weighted by Crippen LogP contribution is -2.06. The van der Waals surface area contributed by atoms with Gasteiger partial charge < -0.3 is 5.32 Å². The zero-order valence-electron chi connectivity index (χ0n) is 9.94. The summed E-state index contributed by atoms with van der Waals surface area (Å²) in [6, 6.07) is 6.11. The van der Waals surface area contributed by atoms with Crippen molar-refractivity contribution >= 4 is 16.5 Å². The van der Waals surface area contributed by atoms with E-state index < -0.39 is 0 Å². The molecule has 1 N–H and O–H groups in total. The highest BCUT2D eigenvalue weighted by molar-refractivity contribution is 5.99. The van der Waals surface area contributed by atoms with Crippen molar-refractivity contribution in [2.24, 2.45) is 0 Å². The summed E-state index contributed by atoms with van der Waals surface area (Å²) in [4.78, 5) is 12.0. The first kappa shape index (κ1) is 10.00. The van der Waals surface area contributed by atoms with E-state index in [0.717, 1.165) is 36.0 Å². The largest absolute Gasteiger partial charge is 0.378 e. The minimum absolute atomic E-state index is 0.220. The number of rotatable bonds is 0. The van der Waals surface area contributed by atoms with Gasteiger partial charge in [0.15, 0.2) is 0 Å². The van der Waals surface area contributed by atoms with Crippen molar-refractivity contribution < 1.29 is 0 Å². The zero-order valence-corrected chi connectivity index (χ0v) is 9.94. The average molecular weight is 239 g/mol. The minimum atomic E-state index is -0.220. The van der Waals surface area contributed by atoms with E-state index in [0.29, 0.717) is 11.4 Å². The molecule has 1 aromatic heterocycles. The quantitative estimate of drug-likeness (QED) is 0.765. The third-order valence-corrected chi connectivity index (χ3v) is 3.97. The molecule has 0 radical (unpaired) electrons. The molecule has 4 heteroatoms. The first-order valence-electron chi connectivity index (χ1n) is 6.43. The van der Waals surface area contributed by atoms with Crippen LogP contribution in [0.1, 0.15) is 36.6 Å². The van der Waals surface area contributed by atoms with Gasteiger partial charge in [0.1, 0.15) is 0 Å². The summed E-state index contributed by atoms with van der Waals surface area (Å²) in [7, 11) is 0. The van der Waals surface area contributed by atoms with Crippen molar-refractivity contribution in [1.82, 2.24) is 10.2 Å². The normalized spacial score (nSPS) is 20.6. The van der Waals surface area contributed by atoms with E-state index in [1.165, 1.54) is 12.0 Å². The van der Waals surface area contributed by atoms with Gasteiger partial charge >= 0.3 is 0 Å². The van der Waals surface area contributed by atoms with Crippen molar-refractivity contribution in [3.8, 4) is 0 Å². The Labute approximate surface area is 104 Å². The molecule has 1 aliphatic carbocycles. The van der Waals surface area contributed by atoms with Crippen LogP contribution in [0.15, 0.2) is 23.0 Å². The highest BCUT2D eigenvalue weighted by Crippen LogP contribution is 2.42. The molecule has 0 spiro atoms. The van der Waals surface area contributed by atoms with Gasteiger partial charge in [0.05, 0.1) is 17.1 Å². The molecule has 1 aromatic carbocycles. The molecule has 0 amide bonds. The van der Waals surface area contributed by atoms with Crippen LogP contribution in [-0.4, -0.2) is 10.2 Å². The molecule has 1 aliphatic heterocycles. The Morgan fingerprint density at radius 1 is 1.22 bits per heavy atom. The van der Waals surface area contributed by atoms with Gasteiger partial charge in [-0.1, -0.05) is 12.5 Å².